The summed E-state index contributed by atoms with van der Waals surface area (Å²) in [5.74, 6) is 1.24. The molecule has 0 bridgehead atoms. The maximum absolute atomic E-state index is 9.50. The monoisotopic (exact) mass is 431 g/mol. The van der Waals surface area contributed by atoms with Crippen LogP contribution in [0.15, 0.2) is 29.3 Å². The van der Waals surface area contributed by atoms with Crippen LogP contribution in [0.4, 0.5) is 17.3 Å². The van der Waals surface area contributed by atoms with Gasteiger partial charge in [-0.15, -0.1) is 0 Å². The lowest BCUT2D eigenvalue weighted by Crippen LogP contribution is -2.33. The highest BCUT2D eigenvalue weighted by Crippen LogP contribution is 2.43. The van der Waals surface area contributed by atoms with E-state index in [0.717, 1.165) is 25.2 Å². The van der Waals surface area contributed by atoms with Crippen molar-refractivity contribution < 1.29 is 4.74 Å². The average molecular weight is 432 g/mol. The van der Waals surface area contributed by atoms with E-state index in [0.29, 0.717) is 23.7 Å². The number of fused-ring (bicyclic) bond motifs is 1. The largest absolute Gasteiger partial charge is 0.492 e. The smallest absolute Gasteiger partial charge is 0.211 e. The van der Waals surface area contributed by atoms with Gasteiger partial charge in [-0.3, -0.25) is 10.2 Å². The Bertz CT molecular complexity index is 1110. The van der Waals surface area contributed by atoms with Gasteiger partial charge >= 0.3 is 0 Å². The van der Waals surface area contributed by atoms with Crippen molar-refractivity contribution in [1.82, 2.24) is 15.2 Å². The number of guanidine groups is 1. The topological polar surface area (TPSA) is 161 Å². The molecule has 0 radical (unpaired) electrons. The Labute approximate surface area is 186 Å². The summed E-state index contributed by atoms with van der Waals surface area (Å²) >= 11 is 0. The Morgan fingerprint density at radius 2 is 1.97 bits per heavy atom. The summed E-state index contributed by atoms with van der Waals surface area (Å²) in [4.78, 5) is 11.3. The van der Waals surface area contributed by atoms with E-state index >= 15 is 0 Å². The number of nitriles is 2. The molecule has 0 saturated carbocycles. The number of aromatic nitrogens is 1. The van der Waals surface area contributed by atoms with Gasteiger partial charge in [0.15, 0.2) is 6.19 Å². The van der Waals surface area contributed by atoms with E-state index < -0.39 is 6.04 Å². The van der Waals surface area contributed by atoms with Crippen molar-refractivity contribution >= 4 is 23.3 Å². The highest BCUT2D eigenvalue weighted by molar-refractivity contribution is 5.98. The van der Waals surface area contributed by atoms with Crippen LogP contribution < -0.4 is 26.8 Å². The van der Waals surface area contributed by atoms with Crippen molar-refractivity contribution in [1.29, 1.82) is 10.5 Å². The summed E-state index contributed by atoms with van der Waals surface area (Å²) < 4.78 is 6.16. The van der Waals surface area contributed by atoms with Gasteiger partial charge in [-0.05, 0) is 32.0 Å². The van der Waals surface area contributed by atoms with Gasteiger partial charge in [0.2, 0.25) is 5.96 Å². The first-order chi connectivity index (χ1) is 15.6. The molecule has 1 fully saturated rings. The number of para-hydroxylation sites is 1. The number of likely N-dealkylation sites (tertiary alicyclic amines) is 1. The van der Waals surface area contributed by atoms with Gasteiger partial charge in [0.25, 0.3) is 0 Å². The van der Waals surface area contributed by atoms with Gasteiger partial charge in [-0.2, -0.15) is 10.5 Å². The quantitative estimate of drug-likeness (QED) is 0.409. The number of hydrogen-bond acceptors (Lipinski definition) is 10. The number of aliphatic imine (C=N–C) groups is 1. The number of nitrogen functional groups attached to an aromatic ring is 2. The van der Waals surface area contributed by atoms with E-state index in [1.54, 1.807) is 0 Å². The number of nitrogens with one attached hydrogen (secondary N) is 2. The molecule has 1 unspecified atom stereocenters. The number of nitrogens with two attached hydrogens (primary N) is 2. The maximum Gasteiger partial charge on any atom is 0.211 e. The second-order valence-corrected chi connectivity index (χ2v) is 7.69. The van der Waals surface area contributed by atoms with Crippen LogP contribution in [0.2, 0.25) is 0 Å². The minimum absolute atomic E-state index is 0.0132. The van der Waals surface area contributed by atoms with Crippen LogP contribution in [0.25, 0.3) is 0 Å². The van der Waals surface area contributed by atoms with Gasteiger partial charge < -0.3 is 21.5 Å². The number of piperidine rings is 1. The van der Waals surface area contributed by atoms with Crippen molar-refractivity contribution in [2.75, 3.05) is 43.0 Å². The lowest BCUT2D eigenvalue weighted by atomic mass is 9.94. The van der Waals surface area contributed by atoms with Gasteiger partial charge in [0.05, 0.1) is 5.69 Å². The van der Waals surface area contributed by atoms with Gasteiger partial charge in [-0.25, -0.2) is 9.98 Å². The summed E-state index contributed by atoms with van der Waals surface area (Å²) in [5, 5.41) is 24.0. The average Bonchev–Trinajstić information content (AvgIpc) is 2.80. The molecule has 10 nitrogen and oxygen atoms in total. The Hall–Kier alpha value is -4.02. The van der Waals surface area contributed by atoms with Gasteiger partial charge in [0.1, 0.15) is 41.7 Å². The Morgan fingerprint density at radius 3 is 2.72 bits per heavy atom. The van der Waals surface area contributed by atoms with Crippen molar-refractivity contribution in [3.8, 4) is 18.0 Å². The number of anilines is 3. The van der Waals surface area contributed by atoms with Crippen LogP contribution in [0, 0.1) is 22.8 Å². The first-order valence-electron chi connectivity index (χ1n) is 10.5. The zero-order valence-corrected chi connectivity index (χ0v) is 17.6. The number of hydrogen-bond donors (Lipinski definition) is 4. The molecular formula is C22H25N9O. The van der Waals surface area contributed by atoms with Crippen LogP contribution >= 0.6 is 0 Å². The van der Waals surface area contributed by atoms with Crippen molar-refractivity contribution in [2.45, 2.75) is 25.3 Å². The van der Waals surface area contributed by atoms with E-state index in [1.165, 1.54) is 19.3 Å². The molecule has 2 aliphatic rings. The molecule has 4 rings (SSSR count). The van der Waals surface area contributed by atoms with Crippen LogP contribution in [0.1, 0.15) is 42.0 Å². The summed E-state index contributed by atoms with van der Waals surface area (Å²) in [5.41, 5.74) is 13.8. The first kappa shape index (κ1) is 21.2. The number of nitrogens with zero attached hydrogens (tertiary/aromatic N) is 5. The lowest BCUT2D eigenvalue weighted by molar-refractivity contribution is 0.182. The zero-order valence-electron chi connectivity index (χ0n) is 17.6. The molecule has 0 amide bonds. The molecule has 32 heavy (non-hydrogen) atoms. The molecule has 10 heteroatoms. The van der Waals surface area contributed by atoms with Crippen molar-refractivity contribution in [3.63, 3.8) is 0 Å². The van der Waals surface area contributed by atoms with Gasteiger partial charge in [0, 0.05) is 17.7 Å². The summed E-state index contributed by atoms with van der Waals surface area (Å²) in [6.07, 6.45) is 5.59. The molecule has 1 aromatic carbocycles. The molecule has 0 aliphatic carbocycles. The van der Waals surface area contributed by atoms with Crippen LogP contribution in [0.5, 0.6) is 5.75 Å². The number of pyridine rings is 1. The highest BCUT2D eigenvalue weighted by atomic mass is 16.5. The van der Waals surface area contributed by atoms with Crippen LogP contribution in [-0.2, 0) is 0 Å². The molecule has 3 heterocycles. The molecule has 2 aliphatic heterocycles. The number of benzene rings is 1. The highest BCUT2D eigenvalue weighted by Gasteiger charge is 2.31. The van der Waals surface area contributed by atoms with Crippen molar-refractivity contribution in [3.05, 3.63) is 41.0 Å². The van der Waals surface area contributed by atoms with E-state index in [-0.39, 0.29) is 23.0 Å². The second kappa shape index (κ2) is 9.41. The number of ether oxygens (including phenoxy) is 1. The predicted molar refractivity (Wildman–Crippen MR) is 122 cm³/mol. The molecule has 6 N–H and O–H groups in total. The summed E-state index contributed by atoms with van der Waals surface area (Å²) in [7, 11) is 0. The van der Waals surface area contributed by atoms with Gasteiger partial charge in [-0.1, -0.05) is 24.6 Å². The molecule has 164 valence electrons. The van der Waals surface area contributed by atoms with E-state index in [9.17, 15) is 5.26 Å². The predicted octanol–water partition coefficient (Wildman–Crippen LogP) is 1.92. The molecule has 0 spiro atoms. The van der Waals surface area contributed by atoms with E-state index in [4.69, 9.17) is 21.5 Å². The van der Waals surface area contributed by atoms with E-state index in [1.807, 2.05) is 36.5 Å². The zero-order chi connectivity index (χ0) is 22.5. The normalized spacial score (nSPS) is 17.8. The Morgan fingerprint density at radius 1 is 1.19 bits per heavy atom. The standard InChI is InChI=1S/C22H25N9O/c23-12-15-18(25)17-19(28-22(27-13-24)30-21(17)29-20(15)26)14-6-2-3-7-16(14)32-11-10-31-8-4-1-5-9-31/h2-3,6-7,19H,1,4-5,8-11H2,(H6,25,26,27,28,29,30). The fraction of sp³-hybridized carbons (Fsp3) is 0.364. The fourth-order valence-electron chi connectivity index (χ4n) is 4.11. The molecule has 1 aromatic heterocycles. The summed E-state index contributed by atoms with van der Waals surface area (Å²) in [6.45, 7) is 3.59. The minimum Gasteiger partial charge on any atom is -0.492 e. The lowest BCUT2D eigenvalue weighted by Gasteiger charge is -2.28. The number of rotatable bonds is 5. The second-order valence-electron chi connectivity index (χ2n) is 7.69. The maximum atomic E-state index is 9.50. The Balaban J connectivity index is 1.68. The third kappa shape index (κ3) is 4.22. The third-order valence-corrected chi connectivity index (χ3v) is 5.68. The van der Waals surface area contributed by atoms with Crippen LogP contribution in [0.3, 0.4) is 0 Å². The van der Waals surface area contributed by atoms with Crippen LogP contribution in [-0.4, -0.2) is 42.1 Å². The SMILES string of the molecule is N#CNC1=NC(c2ccccc2OCCN2CCCCC2)c2c(nc(N)c(C#N)c2N)N1. The third-order valence-electron chi connectivity index (χ3n) is 5.68. The van der Waals surface area contributed by atoms with E-state index in [2.05, 4.69) is 25.5 Å². The molecule has 1 atom stereocenters. The molecule has 1 saturated heterocycles. The molecule has 2 aromatic rings. The minimum atomic E-state index is -0.631. The first-order valence-corrected chi connectivity index (χ1v) is 10.5. The van der Waals surface area contributed by atoms with Crippen molar-refractivity contribution in [2.24, 2.45) is 4.99 Å². The Kier molecular flexibility index (Phi) is 6.24. The summed E-state index contributed by atoms with van der Waals surface area (Å²) in [6, 6.07) is 8.93. The molecular weight excluding hydrogens is 406 g/mol. The fourth-order valence-corrected chi connectivity index (χ4v) is 4.11.